The normalized spacial score (nSPS) is 16.8. The Morgan fingerprint density at radius 3 is 2.44 bits per heavy atom. The number of fused-ring (bicyclic) bond motifs is 1. The number of benzene rings is 1. The van der Waals surface area contributed by atoms with E-state index in [-0.39, 0.29) is 33.6 Å². The fourth-order valence-corrected chi connectivity index (χ4v) is 5.81. The highest BCUT2D eigenvalue weighted by Gasteiger charge is 2.49. The standard InChI is InChI=1S/C29H28N4O5S/c1-6-18-10-12-19(13-11-18)22-20(23(34)21-17(5)32-14-8-9-15(3)26(32)31-21)24(35)27(36)33(22)29-30-16(4)25(39-29)28(37)38-7-2/h8-14,22,34H,6-7H2,1-5H3/b23-20+. The van der Waals surface area contributed by atoms with Crippen LogP contribution in [0.15, 0.2) is 48.2 Å². The van der Waals surface area contributed by atoms with Crippen LogP contribution in [0.4, 0.5) is 5.13 Å². The zero-order valence-electron chi connectivity index (χ0n) is 22.3. The number of aromatic nitrogens is 3. The predicted molar refractivity (Wildman–Crippen MR) is 148 cm³/mol. The van der Waals surface area contributed by atoms with E-state index in [2.05, 4.69) is 9.97 Å². The molecule has 1 amide bonds. The summed E-state index contributed by atoms with van der Waals surface area (Å²) in [5.41, 5.74) is 4.40. The number of thiazole rings is 1. The topological polar surface area (TPSA) is 114 Å². The molecule has 4 aromatic rings. The first kappa shape index (κ1) is 26.3. The molecular weight excluding hydrogens is 516 g/mol. The van der Waals surface area contributed by atoms with Crippen molar-refractivity contribution in [3.63, 3.8) is 0 Å². The number of aryl methyl sites for hydroxylation is 4. The second-order valence-electron chi connectivity index (χ2n) is 9.33. The lowest BCUT2D eigenvalue weighted by Gasteiger charge is -2.23. The van der Waals surface area contributed by atoms with Gasteiger partial charge in [-0.2, -0.15) is 0 Å². The van der Waals surface area contributed by atoms with Crippen molar-refractivity contribution in [3.05, 3.63) is 86.8 Å². The van der Waals surface area contributed by atoms with Crippen LogP contribution in [0.1, 0.15) is 63.3 Å². The number of hydrogen-bond donors (Lipinski definition) is 1. The van der Waals surface area contributed by atoms with Crippen molar-refractivity contribution in [2.45, 2.75) is 47.1 Å². The lowest BCUT2D eigenvalue weighted by Crippen LogP contribution is -2.29. The van der Waals surface area contributed by atoms with E-state index in [4.69, 9.17) is 4.74 Å². The van der Waals surface area contributed by atoms with Gasteiger partial charge < -0.3 is 14.2 Å². The molecule has 1 aliphatic heterocycles. The monoisotopic (exact) mass is 544 g/mol. The summed E-state index contributed by atoms with van der Waals surface area (Å²) < 4.78 is 6.97. The minimum Gasteiger partial charge on any atom is -0.505 e. The quantitative estimate of drug-likeness (QED) is 0.156. The third-order valence-electron chi connectivity index (χ3n) is 6.91. The molecule has 1 unspecified atom stereocenters. The van der Waals surface area contributed by atoms with Crippen molar-refractivity contribution < 1.29 is 24.2 Å². The van der Waals surface area contributed by atoms with Crippen LogP contribution in [0.3, 0.4) is 0 Å². The number of nitrogens with zero attached hydrogens (tertiary/aromatic N) is 4. The predicted octanol–water partition coefficient (Wildman–Crippen LogP) is 5.08. The number of Topliss-reactive ketones (excluding diaryl/α,β-unsaturated/α-hetero) is 1. The first-order chi connectivity index (χ1) is 18.7. The highest BCUT2D eigenvalue weighted by atomic mass is 32.1. The Kier molecular flexibility index (Phi) is 6.82. The van der Waals surface area contributed by atoms with Crippen molar-refractivity contribution in [3.8, 4) is 0 Å². The maximum Gasteiger partial charge on any atom is 0.350 e. The Labute approximate surface area is 229 Å². The van der Waals surface area contributed by atoms with Gasteiger partial charge in [-0.15, -0.1) is 0 Å². The number of pyridine rings is 1. The summed E-state index contributed by atoms with van der Waals surface area (Å²) in [5.74, 6) is -2.60. The summed E-state index contributed by atoms with van der Waals surface area (Å²) in [7, 11) is 0. The van der Waals surface area contributed by atoms with Gasteiger partial charge in [-0.25, -0.2) is 14.8 Å². The van der Waals surface area contributed by atoms with Crippen LogP contribution >= 0.6 is 11.3 Å². The third kappa shape index (κ3) is 4.30. The molecule has 1 saturated heterocycles. The molecule has 1 atom stereocenters. The van der Waals surface area contributed by atoms with Gasteiger partial charge in [0, 0.05) is 6.20 Å². The smallest absolute Gasteiger partial charge is 0.350 e. The van der Waals surface area contributed by atoms with Gasteiger partial charge in [0.1, 0.15) is 16.2 Å². The lowest BCUT2D eigenvalue weighted by molar-refractivity contribution is -0.132. The number of imidazole rings is 1. The molecule has 5 rings (SSSR count). The van der Waals surface area contributed by atoms with E-state index in [0.29, 0.717) is 22.6 Å². The van der Waals surface area contributed by atoms with Crippen LogP contribution in [0.5, 0.6) is 0 Å². The Morgan fingerprint density at radius 1 is 1.08 bits per heavy atom. The second kappa shape index (κ2) is 10.1. The molecule has 4 heterocycles. The van der Waals surface area contributed by atoms with Crippen molar-refractivity contribution in [1.29, 1.82) is 0 Å². The molecule has 1 aromatic carbocycles. The van der Waals surface area contributed by atoms with Crippen LogP contribution in [0, 0.1) is 20.8 Å². The number of ether oxygens (including phenoxy) is 1. The number of hydrogen-bond acceptors (Lipinski definition) is 8. The number of aliphatic hydroxyl groups excluding tert-OH is 1. The first-order valence-corrected chi connectivity index (χ1v) is 13.5. The van der Waals surface area contributed by atoms with Gasteiger partial charge in [-0.3, -0.25) is 14.5 Å². The molecule has 39 heavy (non-hydrogen) atoms. The fourth-order valence-electron chi connectivity index (χ4n) is 4.83. The van der Waals surface area contributed by atoms with Gasteiger partial charge in [-0.1, -0.05) is 48.6 Å². The molecule has 0 radical (unpaired) electrons. The highest BCUT2D eigenvalue weighted by Crippen LogP contribution is 2.44. The average molecular weight is 545 g/mol. The fraction of sp³-hybridized carbons (Fsp3) is 0.276. The van der Waals surface area contributed by atoms with E-state index < -0.39 is 23.7 Å². The number of amides is 1. The molecule has 9 nitrogen and oxygen atoms in total. The van der Waals surface area contributed by atoms with Crippen LogP contribution < -0.4 is 4.90 Å². The minimum atomic E-state index is -0.971. The number of carbonyl (C=O) groups is 3. The summed E-state index contributed by atoms with van der Waals surface area (Å²) in [6.07, 6.45) is 2.64. The van der Waals surface area contributed by atoms with E-state index in [9.17, 15) is 19.5 Å². The van der Waals surface area contributed by atoms with E-state index in [1.165, 1.54) is 4.90 Å². The van der Waals surface area contributed by atoms with Gasteiger partial charge in [0.05, 0.1) is 29.6 Å². The van der Waals surface area contributed by atoms with Gasteiger partial charge in [0.25, 0.3) is 5.78 Å². The number of carbonyl (C=O) groups excluding carboxylic acids is 3. The van der Waals surface area contributed by atoms with E-state index in [1.807, 2.05) is 60.8 Å². The molecule has 200 valence electrons. The van der Waals surface area contributed by atoms with Gasteiger partial charge in [0.15, 0.2) is 10.9 Å². The molecule has 0 saturated carbocycles. The zero-order chi connectivity index (χ0) is 28.0. The van der Waals surface area contributed by atoms with Crippen molar-refractivity contribution in [1.82, 2.24) is 14.4 Å². The SMILES string of the molecule is CCOC(=O)c1sc(N2C(=O)C(=O)/C(=C(/O)c3nc4c(C)cccn4c3C)C2c2ccc(CC)cc2)nc1C. The minimum absolute atomic E-state index is 0.0843. The Hall–Kier alpha value is -4.31. The molecule has 0 spiro atoms. The van der Waals surface area contributed by atoms with E-state index in [0.717, 1.165) is 28.9 Å². The number of aliphatic hydroxyl groups is 1. The zero-order valence-corrected chi connectivity index (χ0v) is 23.1. The van der Waals surface area contributed by atoms with Crippen LogP contribution in [0.25, 0.3) is 11.4 Å². The number of anilines is 1. The number of ketones is 1. The Morgan fingerprint density at radius 2 is 1.79 bits per heavy atom. The van der Waals surface area contributed by atoms with Crippen LogP contribution in [-0.4, -0.2) is 43.7 Å². The molecule has 1 aliphatic rings. The van der Waals surface area contributed by atoms with Gasteiger partial charge >= 0.3 is 11.9 Å². The molecule has 0 aliphatic carbocycles. The summed E-state index contributed by atoms with van der Waals surface area (Å²) >= 11 is 0.978. The summed E-state index contributed by atoms with van der Waals surface area (Å²) in [6, 6.07) is 10.3. The summed E-state index contributed by atoms with van der Waals surface area (Å²) in [6.45, 7) is 9.28. The molecule has 1 fully saturated rings. The summed E-state index contributed by atoms with van der Waals surface area (Å²) in [4.78, 5) is 50.2. The average Bonchev–Trinajstić information content (AvgIpc) is 3.56. The Bertz CT molecular complexity index is 1660. The van der Waals surface area contributed by atoms with Crippen LogP contribution in [0.2, 0.25) is 0 Å². The van der Waals surface area contributed by atoms with Crippen LogP contribution in [-0.2, 0) is 20.7 Å². The lowest BCUT2D eigenvalue weighted by atomic mass is 9.95. The Balaban J connectivity index is 1.73. The summed E-state index contributed by atoms with van der Waals surface area (Å²) in [5, 5.41) is 11.8. The molecule has 3 aromatic heterocycles. The first-order valence-electron chi connectivity index (χ1n) is 12.7. The number of rotatable bonds is 6. The van der Waals surface area contributed by atoms with E-state index in [1.54, 1.807) is 20.8 Å². The van der Waals surface area contributed by atoms with E-state index >= 15 is 0 Å². The molecule has 0 bridgehead atoms. The maximum absolute atomic E-state index is 13.6. The van der Waals surface area contributed by atoms with Crippen molar-refractivity contribution in [2.75, 3.05) is 11.5 Å². The van der Waals surface area contributed by atoms with Gasteiger partial charge in [-0.05, 0) is 56.9 Å². The third-order valence-corrected chi connectivity index (χ3v) is 8.05. The molecular formula is C29H28N4O5S. The largest absolute Gasteiger partial charge is 0.505 e. The maximum atomic E-state index is 13.6. The second-order valence-corrected chi connectivity index (χ2v) is 10.3. The number of esters is 1. The van der Waals surface area contributed by atoms with Crippen molar-refractivity contribution >= 4 is 45.5 Å². The molecule has 10 heteroatoms. The van der Waals surface area contributed by atoms with Gasteiger partial charge in [0.2, 0.25) is 0 Å². The molecule has 1 N–H and O–H groups in total. The van der Waals surface area contributed by atoms with Crippen molar-refractivity contribution in [2.24, 2.45) is 0 Å². The highest BCUT2D eigenvalue weighted by molar-refractivity contribution is 7.17.